The van der Waals surface area contributed by atoms with Crippen LogP contribution in [-0.4, -0.2) is 60.6 Å². The van der Waals surface area contributed by atoms with Crippen LogP contribution in [0.3, 0.4) is 0 Å². The number of aromatic nitrogens is 4. The highest BCUT2D eigenvalue weighted by Crippen LogP contribution is 2.33. The summed E-state index contributed by atoms with van der Waals surface area (Å²) < 4.78 is 1.84. The van der Waals surface area contributed by atoms with Crippen molar-refractivity contribution in [3.63, 3.8) is 0 Å². The molecule has 2 atom stereocenters. The van der Waals surface area contributed by atoms with Gasteiger partial charge in [-0.1, -0.05) is 0 Å². The maximum Gasteiger partial charge on any atom is 0.274 e. The lowest BCUT2D eigenvalue weighted by Crippen LogP contribution is -2.39. The van der Waals surface area contributed by atoms with E-state index in [0.717, 1.165) is 38.2 Å². The van der Waals surface area contributed by atoms with Crippen molar-refractivity contribution in [2.24, 2.45) is 7.05 Å². The van der Waals surface area contributed by atoms with Gasteiger partial charge >= 0.3 is 0 Å². The molecule has 0 radical (unpaired) electrons. The molecule has 2 aliphatic rings. The van der Waals surface area contributed by atoms with Crippen molar-refractivity contribution in [3.8, 4) is 0 Å². The van der Waals surface area contributed by atoms with Gasteiger partial charge in [0.25, 0.3) is 5.91 Å². The van der Waals surface area contributed by atoms with E-state index in [1.165, 1.54) is 5.56 Å². The van der Waals surface area contributed by atoms with Crippen molar-refractivity contribution in [2.75, 3.05) is 13.1 Å². The zero-order chi connectivity index (χ0) is 16.7. The first kappa shape index (κ1) is 15.3. The lowest BCUT2D eigenvalue weighted by atomic mass is 10.1. The second-order valence-electron chi connectivity index (χ2n) is 6.75. The lowest BCUT2D eigenvalue weighted by Gasteiger charge is -2.25. The van der Waals surface area contributed by atoms with Gasteiger partial charge in [0.1, 0.15) is 5.69 Å². The molecular weight excluding hydrogens is 304 g/mol. The van der Waals surface area contributed by atoms with Crippen molar-refractivity contribution in [2.45, 2.75) is 38.4 Å². The summed E-state index contributed by atoms with van der Waals surface area (Å²) in [6.45, 7) is 4.60. The lowest BCUT2D eigenvalue weighted by molar-refractivity contribution is 0.0725. The summed E-state index contributed by atoms with van der Waals surface area (Å²) in [5, 5.41) is 4.24. The van der Waals surface area contributed by atoms with Crippen LogP contribution in [0.2, 0.25) is 0 Å². The van der Waals surface area contributed by atoms with Crippen LogP contribution in [0, 0.1) is 6.92 Å². The number of rotatable bonds is 3. The molecule has 0 spiro atoms. The standard InChI is InChI=1S/C17H22N6O/c1-12-7-19-14(9-18-12)17(24)23-6-4-15-16(23)3-5-22(15)11-13-8-20-21(2)10-13/h7-10,15-16H,3-6,11H2,1-2H3/t15-,16+/m0/s1. The zero-order valence-corrected chi connectivity index (χ0v) is 14.1. The number of likely N-dealkylation sites (tertiary alicyclic amines) is 2. The Bertz CT molecular complexity index is 740. The topological polar surface area (TPSA) is 67.2 Å². The molecule has 1 amide bonds. The number of hydrogen-bond acceptors (Lipinski definition) is 5. The van der Waals surface area contributed by atoms with Gasteiger partial charge in [0.2, 0.25) is 0 Å². The fourth-order valence-electron chi connectivity index (χ4n) is 3.96. The van der Waals surface area contributed by atoms with Gasteiger partial charge in [0.05, 0.1) is 18.1 Å². The average molecular weight is 326 g/mol. The first-order valence-electron chi connectivity index (χ1n) is 8.43. The summed E-state index contributed by atoms with van der Waals surface area (Å²) >= 11 is 0. The molecule has 0 N–H and O–H groups in total. The van der Waals surface area contributed by atoms with E-state index in [1.54, 1.807) is 12.4 Å². The Balaban J connectivity index is 1.46. The minimum absolute atomic E-state index is 0.0122. The van der Waals surface area contributed by atoms with Crippen molar-refractivity contribution >= 4 is 5.91 Å². The smallest absolute Gasteiger partial charge is 0.274 e. The molecule has 4 rings (SSSR count). The highest BCUT2D eigenvalue weighted by Gasteiger charge is 2.44. The van der Waals surface area contributed by atoms with E-state index in [1.807, 2.05) is 29.7 Å². The molecule has 24 heavy (non-hydrogen) atoms. The van der Waals surface area contributed by atoms with E-state index in [-0.39, 0.29) is 11.9 Å². The van der Waals surface area contributed by atoms with Gasteiger partial charge in [-0.2, -0.15) is 5.10 Å². The SMILES string of the molecule is Cc1cnc(C(=O)N2CC[C@H]3[C@H]2CCN3Cc2cnn(C)c2)cn1. The second kappa shape index (κ2) is 5.98. The summed E-state index contributed by atoms with van der Waals surface area (Å²) in [7, 11) is 1.94. The molecular formula is C17H22N6O. The molecule has 7 heteroatoms. The van der Waals surface area contributed by atoms with Crippen LogP contribution in [0.5, 0.6) is 0 Å². The van der Waals surface area contributed by atoms with E-state index >= 15 is 0 Å². The normalized spacial score (nSPS) is 23.7. The van der Waals surface area contributed by atoms with Gasteiger partial charge in [0.15, 0.2) is 0 Å². The fourth-order valence-corrected chi connectivity index (χ4v) is 3.96. The maximum atomic E-state index is 12.8. The highest BCUT2D eigenvalue weighted by molar-refractivity contribution is 5.92. The Morgan fingerprint density at radius 2 is 2.00 bits per heavy atom. The van der Waals surface area contributed by atoms with Crippen molar-refractivity contribution < 1.29 is 4.79 Å². The third-order valence-electron chi connectivity index (χ3n) is 5.10. The number of nitrogens with zero attached hydrogens (tertiary/aromatic N) is 6. The number of carbonyl (C=O) groups excluding carboxylic acids is 1. The Kier molecular flexibility index (Phi) is 3.80. The fraction of sp³-hybridized carbons (Fsp3) is 0.529. The van der Waals surface area contributed by atoms with Crippen molar-refractivity contribution in [1.82, 2.24) is 29.5 Å². The third kappa shape index (κ3) is 2.69. The summed E-state index contributed by atoms with van der Waals surface area (Å²) in [6, 6.07) is 0.727. The highest BCUT2D eigenvalue weighted by atomic mass is 16.2. The number of aryl methyl sites for hydroxylation is 2. The van der Waals surface area contributed by atoms with E-state index in [2.05, 4.69) is 26.2 Å². The molecule has 7 nitrogen and oxygen atoms in total. The summed E-state index contributed by atoms with van der Waals surface area (Å²) in [6.07, 6.45) is 9.28. The molecule has 4 heterocycles. The molecule has 0 unspecified atom stereocenters. The molecule has 0 saturated carbocycles. The second-order valence-corrected chi connectivity index (χ2v) is 6.75. The molecule has 126 valence electrons. The largest absolute Gasteiger partial charge is 0.333 e. The number of fused-ring (bicyclic) bond motifs is 1. The molecule has 2 aliphatic heterocycles. The maximum absolute atomic E-state index is 12.8. The van der Waals surface area contributed by atoms with Gasteiger partial charge in [-0.25, -0.2) is 4.98 Å². The molecule has 2 aromatic heterocycles. The van der Waals surface area contributed by atoms with Crippen LogP contribution < -0.4 is 0 Å². The number of hydrogen-bond donors (Lipinski definition) is 0. The van der Waals surface area contributed by atoms with Crippen LogP contribution >= 0.6 is 0 Å². The van der Waals surface area contributed by atoms with Crippen LogP contribution in [0.15, 0.2) is 24.8 Å². The van der Waals surface area contributed by atoms with E-state index < -0.39 is 0 Å². The zero-order valence-electron chi connectivity index (χ0n) is 14.1. The van der Waals surface area contributed by atoms with Gasteiger partial charge in [-0.05, 0) is 19.8 Å². The molecule has 2 fully saturated rings. The van der Waals surface area contributed by atoms with Crippen LogP contribution in [0.25, 0.3) is 0 Å². The molecule has 2 aromatic rings. The quantitative estimate of drug-likeness (QED) is 0.842. The van der Waals surface area contributed by atoms with E-state index in [4.69, 9.17) is 0 Å². The Morgan fingerprint density at radius 1 is 1.17 bits per heavy atom. The summed E-state index contributed by atoms with van der Waals surface area (Å²) in [5.41, 5.74) is 2.51. The van der Waals surface area contributed by atoms with E-state index in [9.17, 15) is 4.79 Å². The minimum Gasteiger partial charge on any atom is -0.333 e. The van der Waals surface area contributed by atoms with Crippen molar-refractivity contribution in [3.05, 3.63) is 41.7 Å². The minimum atomic E-state index is 0.0122. The Morgan fingerprint density at radius 3 is 2.71 bits per heavy atom. The predicted octanol–water partition coefficient (Wildman–Crippen LogP) is 1.01. The first-order valence-corrected chi connectivity index (χ1v) is 8.43. The summed E-state index contributed by atoms with van der Waals surface area (Å²) in [5.74, 6) is 0.0122. The molecule has 0 aromatic carbocycles. The summed E-state index contributed by atoms with van der Waals surface area (Å²) in [4.78, 5) is 25.7. The first-order chi connectivity index (χ1) is 11.6. The van der Waals surface area contributed by atoms with Crippen molar-refractivity contribution in [1.29, 1.82) is 0 Å². The Labute approximate surface area is 141 Å². The van der Waals surface area contributed by atoms with Gasteiger partial charge < -0.3 is 4.90 Å². The molecule has 2 saturated heterocycles. The monoisotopic (exact) mass is 326 g/mol. The average Bonchev–Trinajstić information content (AvgIpc) is 3.26. The van der Waals surface area contributed by atoms with Crippen LogP contribution in [0.1, 0.15) is 34.6 Å². The number of amides is 1. The molecule has 0 aliphatic carbocycles. The molecule has 0 bridgehead atoms. The third-order valence-corrected chi connectivity index (χ3v) is 5.10. The van der Waals surface area contributed by atoms with Crippen LogP contribution in [-0.2, 0) is 13.6 Å². The number of carbonyl (C=O) groups is 1. The van der Waals surface area contributed by atoms with Crippen LogP contribution in [0.4, 0.5) is 0 Å². The van der Waals surface area contributed by atoms with E-state index in [0.29, 0.717) is 11.7 Å². The predicted molar refractivity (Wildman–Crippen MR) is 88.2 cm³/mol. The van der Waals surface area contributed by atoms with Gasteiger partial charge in [0, 0.05) is 56.7 Å². The Hall–Kier alpha value is -2.28. The van der Waals surface area contributed by atoms with Gasteiger partial charge in [-0.15, -0.1) is 0 Å². The van der Waals surface area contributed by atoms with Gasteiger partial charge in [-0.3, -0.25) is 19.4 Å².